The number of aryl methyl sites for hydroxylation is 1. The molecule has 5 nitrogen and oxygen atoms in total. The van der Waals surface area contributed by atoms with Crippen LogP contribution < -0.4 is 5.43 Å². The number of halogens is 1. The third-order valence-electron chi connectivity index (χ3n) is 1.70. The fourth-order valence-corrected chi connectivity index (χ4v) is 1.15. The largest absolute Gasteiger partial charge is 0.348 e. The maximum absolute atomic E-state index is 11.0. The molecule has 1 rings (SSSR count). The van der Waals surface area contributed by atoms with Gasteiger partial charge in [-0.15, -0.1) is 11.6 Å². The van der Waals surface area contributed by atoms with Crippen molar-refractivity contribution < 1.29 is 4.92 Å². The van der Waals surface area contributed by atoms with Crippen LogP contribution in [0.1, 0.15) is 6.42 Å². The normalized spacial score (nSPS) is 10.1. The lowest BCUT2D eigenvalue weighted by atomic mass is 10.4. The molecular formula is C8H9ClN2O3. The first-order chi connectivity index (χ1) is 6.65. The van der Waals surface area contributed by atoms with Gasteiger partial charge in [0.2, 0.25) is 0 Å². The van der Waals surface area contributed by atoms with E-state index in [1.54, 1.807) is 4.57 Å². The lowest BCUT2D eigenvalue weighted by Gasteiger charge is -2.02. The Morgan fingerprint density at radius 3 is 2.86 bits per heavy atom. The van der Waals surface area contributed by atoms with Crippen molar-refractivity contribution in [3.8, 4) is 0 Å². The summed E-state index contributed by atoms with van der Waals surface area (Å²) >= 11 is 5.48. The Labute approximate surface area is 85.1 Å². The first-order valence-corrected chi connectivity index (χ1v) is 4.59. The van der Waals surface area contributed by atoms with Gasteiger partial charge in [0, 0.05) is 24.7 Å². The van der Waals surface area contributed by atoms with Crippen molar-refractivity contribution in [3.63, 3.8) is 0 Å². The van der Waals surface area contributed by atoms with E-state index in [0.717, 1.165) is 0 Å². The molecule has 0 N–H and O–H groups in total. The molecule has 1 heterocycles. The predicted octanol–water partition coefficient (Wildman–Crippen LogP) is 1.39. The van der Waals surface area contributed by atoms with Crippen LogP contribution in [0.15, 0.2) is 23.3 Å². The van der Waals surface area contributed by atoms with Gasteiger partial charge in [-0.25, -0.2) is 0 Å². The Bertz CT molecular complexity index is 388. The minimum atomic E-state index is -0.681. The Balaban J connectivity index is 2.95. The van der Waals surface area contributed by atoms with E-state index in [2.05, 4.69) is 0 Å². The highest BCUT2D eigenvalue weighted by Gasteiger charge is 2.10. The van der Waals surface area contributed by atoms with Gasteiger partial charge in [-0.3, -0.25) is 14.9 Å². The van der Waals surface area contributed by atoms with Crippen molar-refractivity contribution in [1.82, 2.24) is 4.57 Å². The van der Waals surface area contributed by atoms with E-state index in [-0.39, 0.29) is 0 Å². The molecule has 14 heavy (non-hydrogen) atoms. The minimum absolute atomic E-state index is 0.401. The van der Waals surface area contributed by atoms with Crippen LogP contribution in [0.3, 0.4) is 0 Å². The summed E-state index contributed by atoms with van der Waals surface area (Å²) in [5, 5.41) is 10.4. The molecular weight excluding hydrogens is 208 g/mol. The predicted molar refractivity (Wildman–Crippen MR) is 52.7 cm³/mol. The summed E-state index contributed by atoms with van der Waals surface area (Å²) in [7, 11) is 0. The second kappa shape index (κ2) is 4.76. The molecule has 76 valence electrons. The van der Waals surface area contributed by atoms with Crippen molar-refractivity contribution in [2.24, 2.45) is 0 Å². The summed E-state index contributed by atoms with van der Waals surface area (Å²) in [5.74, 6) is 0.486. The summed E-state index contributed by atoms with van der Waals surface area (Å²) in [5.41, 5.74) is -0.973. The molecule has 0 aliphatic heterocycles. The van der Waals surface area contributed by atoms with Crippen molar-refractivity contribution in [2.45, 2.75) is 13.0 Å². The molecule has 6 heteroatoms. The molecule has 1 aromatic rings. The highest BCUT2D eigenvalue weighted by molar-refractivity contribution is 6.17. The van der Waals surface area contributed by atoms with E-state index in [0.29, 0.717) is 18.8 Å². The van der Waals surface area contributed by atoms with Gasteiger partial charge in [-0.2, -0.15) is 0 Å². The molecule has 0 spiro atoms. The van der Waals surface area contributed by atoms with Crippen LogP contribution in [0, 0.1) is 10.1 Å². The number of pyridine rings is 1. The van der Waals surface area contributed by atoms with Gasteiger partial charge >= 0.3 is 5.69 Å². The standard InChI is InChI=1S/C8H9ClN2O3/c9-3-1-4-10-5-2-8(12)7(6-10)11(13)14/h2,5-6H,1,3-4H2. The zero-order valence-electron chi connectivity index (χ0n) is 7.35. The summed E-state index contributed by atoms with van der Waals surface area (Å²) in [4.78, 5) is 20.7. The molecule has 0 aliphatic carbocycles. The van der Waals surface area contributed by atoms with Gasteiger partial charge in [-0.1, -0.05) is 0 Å². The molecule has 0 amide bonds. The van der Waals surface area contributed by atoms with Crippen LogP contribution in [-0.2, 0) is 6.54 Å². The molecule has 0 saturated heterocycles. The number of nitrogens with zero attached hydrogens (tertiary/aromatic N) is 2. The lowest BCUT2D eigenvalue weighted by molar-refractivity contribution is -0.386. The molecule has 0 aliphatic rings. The second-order valence-corrected chi connectivity index (χ2v) is 3.11. The first kappa shape index (κ1) is 10.7. The van der Waals surface area contributed by atoms with E-state index in [1.165, 1.54) is 18.5 Å². The van der Waals surface area contributed by atoms with E-state index < -0.39 is 16.0 Å². The maximum atomic E-state index is 11.0. The van der Waals surface area contributed by atoms with Gasteiger partial charge in [0.1, 0.15) is 0 Å². The minimum Gasteiger partial charge on any atom is -0.348 e. The molecule has 1 aromatic heterocycles. The molecule has 0 aromatic carbocycles. The van der Waals surface area contributed by atoms with Crippen LogP contribution in [0.25, 0.3) is 0 Å². The quantitative estimate of drug-likeness (QED) is 0.434. The third kappa shape index (κ3) is 2.56. The van der Waals surface area contributed by atoms with Crippen LogP contribution in [0.2, 0.25) is 0 Å². The number of hydrogen-bond acceptors (Lipinski definition) is 3. The Hall–Kier alpha value is -1.36. The Morgan fingerprint density at radius 2 is 2.29 bits per heavy atom. The molecule has 0 atom stereocenters. The first-order valence-electron chi connectivity index (χ1n) is 4.05. The van der Waals surface area contributed by atoms with Gasteiger partial charge in [-0.05, 0) is 6.42 Å². The van der Waals surface area contributed by atoms with Gasteiger partial charge in [0.15, 0.2) is 0 Å². The summed E-state index contributed by atoms with van der Waals surface area (Å²) in [6.45, 7) is 0.574. The van der Waals surface area contributed by atoms with Crippen molar-refractivity contribution in [3.05, 3.63) is 38.8 Å². The number of nitro groups is 1. The average Bonchev–Trinajstić information content (AvgIpc) is 2.16. The van der Waals surface area contributed by atoms with E-state index in [9.17, 15) is 14.9 Å². The number of aromatic nitrogens is 1. The van der Waals surface area contributed by atoms with E-state index >= 15 is 0 Å². The SMILES string of the molecule is O=c1ccn(CCCCl)cc1[N+](=O)[O-]. The molecule has 0 radical (unpaired) electrons. The maximum Gasteiger partial charge on any atom is 0.332 e. The monoisotopic (exact) mass is 216 g/mol. The number of hydrogen-bond donors (Lipinski definition) is 0. The van der Waals surface area contributed by atoms with Crippen LogP contribution in [0.4, 0.5) is 5.69 Å². The molecule has 0 bridgehead atoms. The highest BCUT2D eigenvalue weighted by Crippen LogP contribution is 2.03. The van der Waals surface area contributed by atoms with Gasteiger partial charge in [0.05, 0.1) is 11.1 Å². The average molecular weight is 217 g/mol. The smallest absolute Gasteiger partial charge is 0.332 e. The van der Waals surface area contributed by atoms with Gasteiger partial charge in [0.25, 0.3) is 5.43 Å². The van der Waals surface area contributed by atoms with Crippen molar-refractivity contribution in [1.29, 1.82) is 0 Å². The lowest BCUT2D eigenvalue weighted by Crippen LogP contribution is -2.11. The fourth-order valence-electron chi connectivity index (χ4n) is 1.03. The van der Waals surface area contributed by atoms with Crippen molar-refractivity contribution >= 4 is 17.3 Å². The van der Waals surface area contributed by atoms with E-state index in [4.69, 9.17) is 11.6 Å². The second-order valence-electron chi connectivity index (χ2n) is 2.73. The van der Waals surface area contributed by atoms with Crippen LogP contribution in [0.5, 0.6) is 0 Å². The Morgan fingerprint density at radius 1 is 1.57 bits per heavy atom. The summed E-state index contributed by atoms with van der Waals surface area (Å²) in [6.07, 6.45) is 3.46. The highest BCUT2D eigenvalue weighted by atomic mass is 35.5. The van der Waals surface area contributed by atoms with Crippen molar-refractivity contribution in [2.75, 3.05) is 5.88 Å². The van der Waals surface area contributed by atoms with Gasteiger partial charge < -0.3 is 4.57 Å². The van der Waals surface area contributed by atoms with Crippen LogP contribution >= 0.6 is 11.6 Å². The van der Waals surface area contributed by atoms with Crippen LogP contribution in [-0.4, -0.2) is 15.4 Å². The fraction of sp³-hybridized carbons (Fsp3) is 0.375. The number of rotatable bonds is 4. The zero-order valence-corrected chi connectivity index (χ0v) is 8.11. The van der Waals surface area contributed by atoms with E-state index in [1.807, 2.05) is 0 Å². The molecule has 0 saturated carbocycles. The zero-order chi connectivity index (χ0) is 10.6. The molecule has 0 fully saturated rings. The summed E-state index contributed by atoms with van der Waals surface area (Å²) in [6, 6.07) is 1.19. The Kier molecular flexibility index (Phi) is 3.64. The third-order valence-corrected chi connectivity index (χ3v) is 1.97. The topological polar surface area (TPSA) is 65.1 Å². The summed E-state index contributed by atoms with van der Waals surface area (Å²) < 4.78 is 1.59. The number of alkyl halides is 1. The molecule has 0 unspecified atom stereocenters.